The number of anilines is 1. The predicted molar refractivity (Wildman–Crippen MR) is 92.7 cm³/mol. The third-order valence-corrected chi connectivity index (χ3v) is 4.02. The molecule has 1 aliphatic rings. The Labute approximate surface area is 140 Å². The van der Waals surface area contributed by atoms with Crippen molar-refractivity contribution in [3.63, 3.8) is 0 Å². The van der Waals surface area contributed by atoms with Crippen LogP contribution in [0.2, 0.25) is 0 Å². The molecule has 0 saturated heterocycles. The number of para-hydroxylation sites is 1. The monoisotopic (exact) mass is 322 g/mol. The summed E-state index contributed by atoms with van der Waals surface area (Å²) in [5, 5.41) is 0. The molecule has 1 heterocycles. The van der Waals surface area contributed by atoms with Gasteiger partial charge in [-0.05, 0) is 36.8 Å². The van der Waals surface area contributed by atoms with E-state index >= 15 is 0 Å². The molecule has 0 fully saturated rings. The van der Waals surface area contributed by atoms with E-state index in [9.17, 15) is 9.59 Å². The minimum atomic E-state index is -0.472. The summed E-state index contributed by atoms with van der Waals surface area (Å²) in [7, 11) is 1.31. The number of rotatable bonds is 3. The molecule has 0 saturated carbocycles. The molecule has 5 heteroatoms. The summed E-state index contributed by atoms with van der Waals surface area (Å²) >= 11 is 0. The number of benzene rings is 2. The predicted octanol–water partition coefficient (Wildman–Crippen LogP) is 3.09. The maximum Gasteiger partial charge on any atom is 0.337 e. The molecule has 0 aliphatic carbocycles. The van der Waals surface area contributed by atoms with Gasteiger partial charge in [0.05, 0.1) is 12.7 Å². The maximum absolute atomic E-state index is 12.5. The molecule has 2 aromatic rings. The van der Waals surface area contributed by atoms with Crippen molar-refractivity contribution < 1.29 is 14.3 Å². The lowest BCUT2D eigenvalue weighted by molar-refractivity contribution is 0.0600. The molecule has 5 nitrogen and oxygen atoms in total. The van der Waals surface area contributed by atoms with E-state index in [1.807, 2.05) is 36.1 Å². The van der Waals surface area contributed by atoms with Gasteiger partial charge in [-0.15, -0.1) is 0 Å². The maximum atomic E-state index is 12.5. The molecule has 3 rings (SSSR count). The van der Waals surface area contributed by atoms with Crippen LogP contribution in [-0.2, 0) is 11.2 Å². The zero-order valence-corrected chi connectivity index (χ0v) is 13.7. The molecule has 0 bridgehead atoms. The number of hydrogen-bond acceptors (Lipinski definition) is 3. The van der Waals surface area contributed by atoms with Crippen molar-refractivity contribution in [2.24, 2.45) is 4.99 Å². The molecule has 0 N–H and O–H groups in total. The Kier molecular flexibility index (Phi) is 4.42. The van der Waals surface area contributed by atoms with Crippen LogP contribution < -0.4 is 4.90 Å². The first-order valence-corrected chi connectivity index (χ1v) is 7.79. The normalized spacial score (nSPS) is 14.6. The van der Waals surface area contributed by atoms with E-state index in [2.05, 4.69) is 9.73 Å². The molecule has 0 spiro atoms. The second-order valence-electron chi connectivity index (χ2n) is 5.46. The Morgan fingerprint density at radius 1 is 1.12 bits per heavy atom. The number of nitrogens with zero attached hydrogens (tertiary/aromatic N) is 2. The largest absolute Gasteiger partial charge is 0.465 e. The number of carbonyl (C=O) groups is 2. The Morgan fingerprint density at radius 2 is 1.88 bits per heavy atom. The second-order valence-corrected chi connectivity index (χ2v) is 5.46. The van der Waals surface area contributed by atoms with Gasteiger partial charge >= 0.3 is 5.97 Å². The summed E-state index contributed by atoms with van der Waals surface area (Å²) < 4.78 is 4.69. The van der Waals surface area contributed by atoms with Crippen molar-refractivity contribution in [3.8, 4) is 0 Å². The SMILES string of the molecule is CCN1C(=NC(=O)c2cccc(C(=O)OC)c2)Cc2ccccc21. The second kappa shape index (κ2) is 6.66. The minimum absolute atomic E-state index is 0.339. The number of hydrogen-bond donors (Lipinski definition) is 0. The molecule has 0 aromatic heterocycles. The molecule has 0 radical (unpaired) electrons. The molecular weight excluding hydrogens is 304 g/mol. The number of aliphatic imine (C=N–C) groups is 1. The molecule has 1 amide bonds. The summed E-state index contributed by atoms with van der Waals surface area (Å²) in [5.74, 6) is -0.102. The van der Waals surface area contributed by atoms with Gasteiger partial charge in [-0.1, -0.05) is 24.3 Å². The van der Waals surface area contributed by atoms with Gasteiger partial charge in [-0.2, -0.15) is 4.99 Å². The number of ether oxygens (including phenoxy) is 1. The average Bonchev–Trinajstić information content (AvgIpc) is 2.98. The van der Waals surface area contributed by atoms with Crippen LogP contribution in [0.1, 0.15) is 33.2 Å². The van der Waals surface area contributed by atoms with Gasteiger partial charge in [-0.3, -0.25) is 4.79 Å². The van der Waals surface area contributed by atoms with Crippen LogP contribution in [0.3, 0.4) is 0 Å². The summed E-state index contributed by atoms with van der Waals surface area (Å²) in [6.45, 7) is 2.77. The lowest BCUT2D eigenvalue weighted by atomic mass is 10.1. The van der Waals surface area contributed by atoms with Crippen LogP contribution in [0.15, 0.2) is 53.5 Å². The fourth-order valence-corrected chi connectivity index (χ4v) is 2.86. The summed E-state index contributed by atoms with van der Waals surface area (Å²) in [4.78, 5) is 30.4. The first-order chi connectivity index (χ1) is 11.6. The Balaban J connectivity index is 1.89. The molecule has 1 aliphatic heterocycles. The van der Waals surface area contributed by atoms with E-state index in [0.29, 0.717) is 17.5 Å². The van der Waals surface area contributed by atoms with Gasteiger partial charge < -0.3 is 9.64 Å². The van der Waals surface area contributed by atoms with E-state index < -0.39 is 5.97 Å². The molecular formula is C19H18N2O3. The zero-order chi connectivity index (χ0) is 17.1. The quantitative estimate of drug-likeness (QED) is 0.815. The third kappa shape index (κ3) is 2.93. The fourth-order valence-electron chi connectivity index (χ4n) is 2.86. The van der Waals surface area contributed by atoms with Gasteiger partial charge in [0.25, 0.3) is 5.91 Å². The Morgan fingerprint density at radius 3 is 2.62 bits per heavy atom. The molecule has 2 aromatic carbocycles. The van der Waals surface area contributed by atoms with E-state index in [-0.39, 0.29) is 5.91 Å². The highest BCUT2D eigenvalue weighted by molar-refractivity contribution is 6.12. The van der Waals surface area contributed by atoms with Crippen LogP contribution >= 0.6 is 0 Å². The highest BCUT2D eigenvalue weighted by atomic mass is 16.5. The van der Waals surface area contributed by atoms with Crippen LogP contribution in [-0.4, -0.2) is 31.4 Å². The number of amides is 1. The zero-order valence-electron chi connectivity index (χ0n) is 13.7. The molecule has 0 atom stereocenters. The van der Waals surface area contributed by atoms with Crippen LogP contribution in [0.25, 0.3) is 0 Å². The highest BCUT2D eigenvalue weighted by Crippen LogP contribution is 2.29. The van der Waals surface area contributed by atoms with E-state index in [4.69, 9.17) is 0 Å². The number of likely N-dealkylation sites (N-methyl/N-ethyl adjacent to an activating group) is 1. The van der Waals surface area contributed by atoms with Crippen molar-refractivity contribution >= 4 is 23.4 Å². The number of carbonyl (C=O) groups excluding carboxylic acids is 2. The minimum Gasteiger partial charge on any atom is -0.465 e. The lowest BCUT2D eigenvalue weighted by Crippen LogP contribution is -2.27. The third-order valence-electron chi connectivity index (χ3n) is 4.02. The Hall–Kier alpha value is -2.95. The van der Waals surface area contributed by atoms with Gasteiger partial charge in [0.15, 0.2) is 0 Å². The topological polar surface area (TPSA) is 59.0 Å². The van der Waals surface area contributed by atoms with Gasteiger partial charge in [-0.25, -0.2) is 4.79 Å². The van der Waals surface area contributed by atoms with Crippen molar-refractivity contribution in [3.05, 3.63) is 65.2 Å². The van der Waals surface area contributed by atoms with Crippen molar-refractivity contribution in [1.29, 1.82) is 0 Å². The van der Waals surface area contributed by atoms with Crippen molar-refractivity contribution in [2.45, 2.75) is 13.3 Å². The van der Waals surface area contributed by atoms with Crippen LogP contribution in [0.4, 0.5) is 5.69 Å². The smallest absolute Gasteiger partial charge is 0.337 e. The van der Waals surface area contributed by atoms with Crippen molar-refractivity contribution in [2.75, 3.05) is 18.6 Å². The standard InChI is InChI=1S/C19H18N2O3/c1-3-21-16-10-5-4-7-13(16)12-17(21)20-18(22)14-8-6-9-15(11-14)19(23)24-2/h4-11H,3,12H2,1-2H3. The number of fused-ring (bicyclic) bond motifs is 1. The number of methoxy groups -OCH3 is 1. The summed E-state index contributed by atoms with van der Waals surface area (Å²) in [6, 6.07) is 14.5. The molecule has 122 valence electrons. The average molecular weight is 322 g/mol. The fraction of sp³-hybridized carbons (Fsp3) is 0.211. The highest BCUT2D eigenvalue weighted by Gasteiger charge is 2.24. The number of esters is 1. The Bertz CT molecular complexity index is 827. The van der Waals surface area contributed by atoms with Crippen LogP contribution in [0, 0.1) is 0 Å². The number of amidine groups is 1. The first kappa shape index (κ1) is 15.9. The van der Waals surface area contributed by atoms with Crippen LogP contribution in [0.5, 0.6) is 0 Å². The van der Waals surface area contributed by atoms with Crippen molar-refractivity contribution in [1.82, 2.24) is 0 Å². The van der Waals surface area contributed by atoms with E-state index in [1.165, 1.54) is 13.2 Å². The molecule has 0 unspecified atom stereocenters. The first-order valence-electron chi connectivity index (χ1n) is 7.79. The van der Waals surface area contributed by atoms with E-state index in [1.54, 1.807) is 18.2 Å². The molecule has 24 heavy (non-hydrogen) atoms. The van der Waals surface area contributed by atoms with Gasteiger partial charge in [0, 0.05) is 24.2 Å². The lowest BCUT2D eigenvalue weighted by Gasteiger charge is -2.17. The summed E-state index contributed by atoms with van der Waals surface area (Å²) in [6.07, 6.45) is 0.631. The van der Waals surface area contributed by atoms with Gasteiger partial charge in [0.2, 0.25) is 0 Å². The summed E-state index contributed by atoms with van der Waals surface area (Å²) in [5.41, 5.74) is 2.96. The van der Waals surface area contributed by atoms with E-state index in [0.717, 1.165) is 23.6 Å². The van der Waals surface area contributed by atoms with Gasteiger partial charge in [0.1, 0.15) is 5.84 Å².